The molecule has 1 aliphatic rings. The Morgan fingerprint density at radius 1 is 0.379 bits per heavy atom. The molecule has 0 saturated heterocycles. The van der Waals surface area contributed by atoms with E-state index in [2.05, 4.69) is 143 Å². The fraction of sp³-hybridized carbons (Fsp3) is 0. The molecule has 0 spiro atoms. The lowest BCUT2D eigenvalue weighted by Crippen LogP contribution is -2.03. The molecule has 6 heterocycles. The zero-order valence-electron chi connectivity index (χ0n) is 30.8. The van der Waals surface area contributed by atoms with Gasteiger partial charge in [0.1, 0.15) is 28.0 Å². The number of furan rings is 2. The van der Waals surface area contributed by atoms with Crippen molar-refractivity contribution in [1.82, 2.24) is 19.1 Å². The molecule has 0 atom stereocenters. The zero-order valence-corrected chi connectivity index (χ0v) is 30.8. The molecule has 0 bridgehead atoms. The minimum absolute atomic E-state index is 0.488. The quantitative estimate of drug-likeness (QED) is 0.177. The van der Waals surface area contributed by atoms with E-state index in [9.17, 15) is 0 Å². The molecule has 5 aromatic heterocycles. The average molecular weight is 741 g/mol. The summed E-state index contributed by atoms with van der Waals surface area (Å²) < 4.78 is 17.9. The summed E-state index contributed by atoms with van der Waals surface area (Å²) in [4.78, 5) is 10.9. The van der Waals surface area contributed by atoms with E-state index in [-0.39, 0.29) is 0 Å². The number of nitrogens with zero attached hydrogens (tertiary/aromatic N) is 4. The van der Waals surface area contributed by atoms with E-state index >= 15 is 0 Å². The van der Waals surface area contributed by atoms with E-state index in [0.717, 1.165) is 77.0 Å². The van der Waals surface area contributed by atoms with Gasteiger partial charge in [-0.05, 0) is 59.7 Å². The highest BCUT2D eigenvalue weighted by atomic mass is 16.3. The largest absolute Gasteiger partial charge is 0.455 e. The Morgan fingerprint density at radius 2 is 0.966 bits per heavy atom. The molecule has 14 rings (SSSR count). The van der Waals surface area contributed by atoms with Crippen LogP contribution in [0.4, 0.5) is 0 Å². The maximum absolute atomic E-state index is 6.67. The van der Waals surface area contributed by atoms with Crippen LogP contribution in [0.3, 0.4) is 0 Å². The van der Waals surface area contributed by atoms with Crippen molar-refractivity contribution < 1.29 is 8.83 Å². The lowest BCUT2D eigenvalue weighted by atomic mass is 9.94. The number of hydrogen-bond acceptors (Lipinski definition) is 4. The van der Waals surface area contributed by atoms with Gasteiger partial charge in [0.15, 0.2) is 5.82 Å². The van der Waals surface area contributed by atoms with Gasteiger partial charge in [-0.2, -0.15) is 4.98 Å². The van der Waals surface area contributed by atoms with Gasteiger partial charge in [-0.25, -0.2) is 4.98 Å². The maximum atomic E-state index is 6.67. The first kappa shape index (κ1) is 30.3. The zero-order chi connectivity index (χ0) is 37.6. The van der Waals surface area contributed by atoms with E-state index in [0.29, 0.717) is 11.5 Å². The second-order valence-corrected chi connectivity index (χ2v) is 15.3. The molecule has 8 aromatic carbocycles. The number of rotatable bonds is 2. The number of benzene rings is 8. The maximum Gasteiger partial charge on any atom is 0.248 e. The van der Waals surface area contributed by atoms with Crippen molar-refractivity contribution in [3.8, 4) is 45.0 Å². The Labute approximate surface area is 329 Å². The van der Waals surface area contributed by atoms with Gasteiger partial charge < -0.3 is 13.4 Å². The molecule has 13 aromatic rings. The summed E-state index contributed by atoms with van der Waals surface area (Å²) in [5, 5.41) is 7.64. The van der Waals surface area contributed by atoms with Gasteiger partial charge in [0.25, 0.3) is 0 Å². The van der Waals surface area contributed by atoms with Gasteiger partial charge in [-0.3, -0.25) is 4.57 Å². The van der Waals surface area contributed by atoms with Crippen LogP contribution in [0.15, 0.2) is 179 Å². The normalized spacial score (nSPS) is 12.5. The summed E-state index contributed by atoms with van der Waals surface area (Å²) in [5.41, 5.74) is 15.7. The molecule has 0 N–H and O–H groups in total. The van der Waals surface area contributed by atoms with Gasteiger partial charge in [0.2, 0.25) is 5.71 Å². The lowest BCUT2D eigenvalue weighted by molar-refractivity contribution is 0.651. The van der Waals surface area contributed by atoms with Crippen molar-refractivity contribution in [2.75, 3.05) is 0 Å². The highest BCUT2D eigenvalue weighted by Crippen LogP contribution is 2.48. The Morgan fingerprint density at radius 3 is 1.81 bits per heavy atom. The third-order valence-electron chi connectivity index (χ3n) is 12.3. The topological polar surface area (TPSA) is 61.9 Å². The molecule has 0 unspecified atom stereocenters. The van der Waals surface area contributed by atoms with Crippen molar-refractivity contribution in [3.05, 3.63) is 170 Å². The third kappa shape index (κ3) is 3.81. The molecule has 0 amide bonds. The predicted molar refractivity (Wildman–Crippen MR) is 235 cm³/mol. The van der Waals surface area contributed by atoms with Crippen LogP contribution >= 0.6 is 0 Å². The number of para-hydroxylation sites is 6. The van der Waals surface area contributed by atoms with E-state index in [1.54, 1.807) is 0 Å². The summed E-state index contributed by atoms with van der Waals surface area (Å²) in [5.74, 6) is 0.676. The van der Waals surface area contributed by atoms with Crippen LogP contribution in [0.1, 0.15) is 0 Å². The van der Waals surface area contributed by atoms with Crippen LogP contribution < -0.4 is 0 Å². The lowest BCUT2D eigenvalue weighted by Gasteiger charge is -2.13. The first-order chi connectivity index (χ1) is 28.8. The molecule has 268 valence electrons. The van der Waals surface area contributed by atoms with Gasteiger partial charge in [0.05, 0.1) is 27.8 Å². The summed E-state index contributed by atoms with van der Waals surface area (Å²) in [6.45, 7) is 0. The third-order valence-corrected chi connectivity index (χ3v) is 12.3. The van der Waals surface area contributed by atoms with Gasteiger partial charge in [0, 0.05) is 54.4 Å². The number of fused-ring (bicyclic) bond motifs is 17. The van der Waals surface area contributed by atoms with Gasteiger partial charge in [-0.15, -0.1) is 0 Å². The minimum Gasteiger partial charge on any atom is -0.455 e. The fourth-order valence-corrected chi connectivity index (χ4v) is 9.86. The minimum atomic E-state index is 0.488. The molecule has 0 radical (unpaired) electrons. The Hall–Kier alpha value is -7.96. The molecule has 1 aliphatic heterocycles. The first-order valence-corrected chi connectivity index (χ1v) is 19.6. The van der Waals surface area contributed by atoms with E-state index in [1.165, 1.54) is 44.2 Å². The van der Waals surface area contributed by atoms with E-state index in [1.807, 2.05) is 36.4 Å². The van der Waals surface area contributed by atoms with Gasteiger partial charge in [-0.1, -0.05) is 121 Å². The smallest absolute Gasteiger partial charge is 0.248 e. The van der Waals surface area contributed by atoms with Crippen LogP contribution in [0.5, 0.6) is 0 Å². The number of hydrogen-bond donors (Lipinski definition) is 0. The molecule has 58 heavy (non-hydrogen) atoms. The standard InChI is InChI=1S/C52H28N4O2/c1-2-14-30-29(13-1)31-15-3-7-23-41(31)55-43-27-39-32-16-4-8-24-42(32)56(44(39)28-40(43)35-20-11-19-34(30)49(35)55)51-47(53-48-37-18-6-10-26-46(37)58-52(48)54-51)38-22-12-21-36-33-17-5-9-25-45(33)57-50(36)38/h1-28H. The molecular formula is C52H28N4O2. The second kappa shape index (κ2) is 10.9. The van der Waals surface area contributed by atoms with Crippen LogP contribution in [0.25, 0.3) is 133 Å². The van der Waals surface area contributed by atoms with Crippen LogP contribution in [-0.2, 0) is 0 Å². The first-order valence-electron chi connectivity index (χ1n) is 19.6. The average Bonchev–Trinajstić information content (AvgIpc) is 4.00. The molecular weight excluding hydrogens is 713 g/mol. The molecule has 6 nitrogen and oxygen atoms in total. The molecule has 0 aliphatic carbocycles. The molecule has 6 heteroatoms. The van der Waals surface area contributed by atoms with Crippen molar-refractivity contribution in [2.45, 2.75) is 0 Å². The molecule has 0 saturated carbocycles. The monoisotopic (exact) mass is 740 g/mol. The fourth-order valence-electron chi connectivity index (χ4n) is 9.86. The van der Waals surface area contributed by atoms with Crippen LogP contribution in [-0.4, -0.2) is 19.1 Å². The van der Waals surface area contributed by atoms with Crippen LogP contribution in [0.2, 0.25) is 0 Å². The van der Waals surface area contributed by atoms with Crippen molar-refractivity contribution in [2.24, 2.45) is 0 Å². The second-order valence-electron chi connectivity index (χ2n) is 15.3. The van der Waals surface area contributed by atoms with E-state index < -0.39 is 0 Å². The SMILES string of the molecule is c1ccc2c(c1)-c1ccccc1-n1c3cc4c5ccccc5n(-c5nc6oc7ccccc7c6nc5-c5cccc6c5oc5ccccc56)c4cc3c3cccc-2c31. The Kier molecular flexibility index (Phi) is 5.68. The van der Waals surface area contributed by atoms with Crippen molar-refractivity contribution in [1.29, 1.82) is 0 Å². The Bertz CT molecular complexity index is 3930. The summed E-state index contributed by atoms with van der Waals surface area (Å²) in [7, 11) is 0. The summed E-state index contributed by atoms with van der Waals surface area (Å²) >= 11 is 0. The van der Waals surface area contributed by atoms with Gasteiger partial charge >= 0.3 is 0 Å². The summed E-state index contributed by atoms with van der Waals surface area (Å²) in [6.07, 6.45) is 0. The Balaban J connectivity index is 1.15. The number of aromatic nitrogens is 4. The van der Waals surface area contributed by atoms with Crippen LogP contribution in [0, 0.1) is 0 Å². The highest BCUT2D eigenvalue weighted by molar-refractivity contribution is 6.22. The van der Waals surface area contributed by atoms with Crippen molar-refractivity contribution >= 4 is 87.7 Å². The highest BCUT2D eigenvalue weighted by Gasteiger charge is 2.28. The van der Waals surface area contributed by atoms with Crippen molar-refractivity contribution in [3.63, 3.8) is 0 Å². The molecule has 0 fully saturated rings. The summed E-state index contributed by atoms with van der Waals surface area (Å²) in [6, 6.07) is 60.2. The van der Waals surface area contributed by atoms with E-state index in [4.69, 9.17) is 18.8 Å². The predicted octanol–water partition coefficient (Wildman–Crippen LogP) is 13.8.